The second-order valence-corrected chi connectivity index (χ2v) is 4.10. The van der Waals surface area contributed by atoms with Crippen molar-refractivity contribution in [2.75, 3.05) is 7.11 Å². The lowest BCUT2D eigenvalue weighted by Crippen LogP contribution is -2.57. The summed E-state index contributed by atoms with van der Waals surface area (Å²) in [6, 6.07) is 8.70. The highest BCUT2D eigenvalue weighted by molar-refractivity contribution is 6.07. The third kappa shape index (κ3) is 3.79. The van der Waals surface area contributed by atoms with E-state index in [0.29, 0.717) is 5.56 Å². The topological polar surface area (TPSA) is 116 Å². The fourth-order valence-electron chi connectivity index (χ4n) is 1.50. The molecule has 108 valence electrons. The highest BCUT2D eigenvalue weighted by Crippen LogP contribution is 2.13. The first-order chi connectivity index (χ1) is 9.40. The number of methoxy groups -OCH3 is 1. The van der Waals surface area contributed by atoms with Crippen LogP contribution in [0.2, 0.25) is 0 Å². The van der Waals surface area contributed by atoms with Gasteiger partial charge < -0.3 is 20.3 Å². The van der Waals surface area contributed by atoms with Gasteiger partial charge in [-0.2, -0.15) is 0 Å². The average molecular weight is 281 g/mol. The summed E-state index contributed by atoms with van der Waals surface area (Å²) in [7, 11) is 1.01. The number of carbonyl (C=O) groups excluding carboxylic acids is 2. The molecule has 3 N–H and O–H groups in total. The largest absolute Gasteiger partial charge is 0.481 e. The number of ether oxygens (including phenoxy) is 2. The molecule has 0 aliphatic rings. The molecule has 0 amide bonds. The monoisotopic (exact) mass is 281 g/mol. The lowest BCUT2D eigenvalue weighted by atomic mass is 9.97. The van der Waals surface area contributed by atoms with Crippen molar-refractivity contribution in [3.63, 3.8) is 0 Å². The van der Waals surface area contributed by atoms with Gasteiger partial charge in [0.05, 0.1) is 13.5 Å². The van der Waals surface area contributed by atoms with Crippen molar-refractivity contribution < 1.29 is 29.0 Å². The molecule has 1 atom stereocenters. The quantitative estimate of drug-likeness (QED) is 0.560. The van der Waals surface area contributed by atoms with Gasteiger partial charge in [0.1, 0.15) is 6.61 Å². The SMILES string of the molecule is COC(=O)C(N)(CC(=O)O)C(=O)OCc1ccccc1. The van der Waals surface area contributed by atoms with E-state index in [4.69, 9.17) is 15.6 Å². The Morgan fingerprint density at radius 3 is 2.30 bits per heavy atom. The molecule has 0 bridgehead atoms. The van der Waals surface area contributed by atoms with E-state index >= 15 is 0 Å². The van der Waals surface area contributed by atoms with E-state index in [1.165, 1.54) is 0 Å². The molecule has 0 aliphatic heterocycles. The number of nitrogens with two attached hydrogens (primary N) is 1. The molecule has 1 aromatic rings. The summed E-state index contributed by atoms with van der Waals surface area (Å²) in [5, 5.41) is 8.73. The van der Waals surface area contributed by atoms with E-state index < -0.39 is 29.9 Å². The Bertz CT molecular complexity index is 501. The Morgan fingerprint density at radius 2 is 1.80 bits per heavy atom. The van der Waals surface area contributed by atoms with Gasteiger partial charge in [0, 0.05) is 0 Å². The standard InChI is InChI=1S/C13H15NO6/c1-19-11(17)13(14,7-10(15)16)12(18)20-8-9-5-3-2-4-6-9/h2-6H,7-8,14H2,1H3,(H,15,16). The zero-order valence-electron chi connectivity index (χ0n) is 10.9. The minimum Gasteiger partial charge on any atom is -0.481 e. The maximum Gasteiger partial charge on any atom is 0.338 e. The highest BCUT2D eigenvalue weighted by atomic mass is 16.6. The van der Waals surface area contributed by atoms with E-state index in [-0.39, 0.29) is 6.61 Å². The summed E-state index contributed by atoms with van der Waals surface area (Å²) >= 11 is 0. The van der Waals surface area contributed by atoms with Gasteiger partial charge in [0.2, 0.25) is 5.54 Å². The number of carbonyl (C=O) groups is 3. The van der Waals surface area contributed by atoms with Crippen LogP contribution in [0.25, 0.3) is 0 Å². The van der Waals surface area contributed by atoms with Gasteiger partial charge in [-0.25, -0.2) is 9.59 Å². The smallest absolute Gasteiger partial charge is 0.338 e. The van der Waals surface area contributed by atoms with Gasteiger partial charge in [-0.05, 0) is 5.56 Å². The minimum absolute atomic E-state index is 0.116. The Balaban J connectivity index is 2.78. The maximum atomic E-state index is 11.9. The first-order valence-electron chi connectivity index (χ1n) is 5.70. The minimum atomic E-state index is -2.35. The average Bonchev–Trinajstić information content (AvgIpc) is 2.43. The van der Waals surface area contributed by atoms with Crippen LogP contribution in [0.15, 0.2) is 30.3 Å². The predicted octanol–water partition coefficient (Wildman–Crippen LogP) is 0.0750. The summed E-state index contributed by atoms with van der Waals surface area (Å²) in [5.41, 5.74) is 3.86. The summed E-state index contributed by atoms with van der Waals surface area (Å²) in [5.74, 6) is -3.71. The van der Waals surface area contributed by atoms with E-state index in [9.17, 15) is 14.4 Å². The number of benzene rings is 1. The number of rotatable bonds is 6. The van der Waals surface area contributed by atoms with E-state index in [1.807, 2.05) is 0 Å². The van der Waals surface area contributed by atoms with Crippen LogP contribution in [0, 0.1) is 0 Å². The Morgan fingerprint density at radius 1 is 1.20 bits per heavy atom. The number of aliphatic carboxylic acids is 1. The maximum absolute atomic E-state index is 11.9. The number of carboxylic acid groups (broad SMARTS) is 1. The van der Waals surface area contributed by atoms with Crippen LogP contribution >= 0.6 is 0 Å². The molecular weight excluding hydrogens is 266 g/mol. The van der Waals surface area contributed by atoms with Gasteiger partial charge in [0.25, 0.3) is 0 Å². The summed E-state index contributed by atoms with van der Waals surface area (Å²) < 4.78 is 9.25. The van der Waals surface area contributed by atoms with Gasteiger partial charge in [-0.3, -0.25) is 4.79 Å². The van der Waals surface area contributed by atoms with Crippen molar-refractivity contribution >= 4 is 17.9 Å². The highest BCUT2D eigenvalue weighted by Gasteiger charge is 2.47. The second kappa shape index (κ2) is 6.67. The predicted molar refractivity (Wildman–Crippen MR) is 67.4 cm³/mol. The normalized spacial score (nSPS) is 13.1. The molecule has 7 heteroatoms. The Labute approximate surface area is 115 Å². The van der Waals surface area contributed by atoms with Crippen molar-refractivity contribution in [1.29, 1.82) is 0 Å². The van der Waals surface area contributed by atoms with Crippen LogP contribution in [0.5, 0.6) is 0 Å². The molecule has 0 saturated heterocycles. The van der Waals surface area contributed by atoms with Crippen molar-refractivity contribution in [3.8, 4) is 0 Å². The third-order valence-electron chi connectivity index (χ3n) is 2.56. The molecular formula is C13H15NO6. The van der Waals surface area contributed by atoms with Crippen LogP contribution in [0.4, 0.5) is 0 Å². The lowest BCUT2D eigenvalue weighted by molar-refractivity contribution is -0.167. The summed E-state index contributed by atoms with van der Waals surface area (Å²) in [4.78, 5) is 34.1. The lowest BCUT2D eigenvalue weighted by Gasteiger charge is -2.22. The van der Waals surface area contributed by atoms with Crippen molar-refractivity contribution in [2.45, 2.75) is 18.6 Å². The van der Waals surface area contributed by atoms with Crippen LogP contribution < -0.4 is 5.73 Å². The summed E-state index contributed by atoms with van der Waals surface area (Å²) in [6.07, 6.45) is -0.909. The van der Waals surface area contributed by atoms with Crippen LogP contribution in [-0.4, -0.2) is 35.7 Å². The van der Waals surface area contributed by atoms with Crippen molar-refractivity contribution in [2.24, 2.45) is 5.73 Å². The van der Waals surface area contributed by atoms with E-state index in [1.54, 1.807) is 30.3 Å². The number of hydrogen-bond acceptors (Lipinski definition) is 6. The Kier molecular flexibility index (Phi) is 5.22. The van der Waals surface area contributed by atoms with Crippen LogP contribution in [0.3, 0.4) is 0 Å². The molecule has 0 saturated carbocycles. The first kappa shape index (κ1) is 15.6. The van der Waals surface area contributed by atoms with Crippen molar-refractivity contribution in [3.05, 3.63) is 35.9 Å². The second-order valence-electron chi connectivity index (χ2n) is 4.10. The first-order valence-corrected chi connectivity index (χ1v) is 5.70. The number of esters is 2. The molecule has 0 radical (unpaired) electrons. The zero-order chi connectivity index (χ0) is 15.2. The van der Waals surface area contributed by atoms with E-state index in [0.717, 1.165) is 7.11 Å². The molecule has 0 aromatic heterocycles. The molecule has 7 nitrogen and oxygen atoms in total. The molecule has 1 aromatic carbocycles. The molecule has 0 heterocycles. The van der Waals surface area contributed by atoms with Gasteiger partial charge in [-0.1, -0.05) is 30.3 Å². The number of carboxylic acids is 1. The fraction of sp³-hybridized carbons (Fsp3) is 0.308. The molecule has 0 fully saturated rings. The molecule has 1 unspecified atom stereocenters. The van der Waals surface area contributed by atoms with E-state index in [2.05, 4.69) is 4.74 Å². The van der Waals surface area contributed by atoms with Crippen LogP contribution in [0.1, 0.15) is 12.0 Å². The molecule has 0 spiro atoms. The molecule has 0 aliphatic carbocycles. The number of hydrogen-bond donors (Lipinski definition) is 2. The van der Waals surface area contributed by atoms with Gasteiger partial charge in [0.15, 0.2) is 0 Å². The molecule has 20 heavy (non-hydrogen) atoms. The van der Waals surface area contributed by atoms with Crippen LogP contribution in [-0.2, 0) is 30.5 Å². The zero-order valence-corrected chi connectivity index (χ0v) is 10.9. The Hall–Kier alpha value is -2.41. The third-order valence-corrected chi connectivity index (χ3v) is 2.56. The van der Waals surface area contributed by atoms with Gasteiger partial charge >= 0.3 is 17.9 Å². The van der Waals surface area contributed by atoms with Gasteiger partial charge in [-0.15, -0.1) is 0 Å². The molecule has 1 rings (SSSR count). The summed E-state index contributed by atoms with van der Waals surface area (Å²) in [6.45, 7) is -0.116. The van der Waals surface area contributed by atoms with Crippen molar-refractivity contribution in [1.82, 2.24) is 0 Å². The fourth-order valence-corrected chi connectivity index (χ4v) is 1.50.